The molecule has 3 nitrogen and oxygen atoms in total. The molecule has 0 heterocycles. The van der Waals surface area contributed by atoms with Crippen LogP contribution in [0.25, 0.3) is 0 Å². The van der Waals surface area contributed by atoms with Gasteiger partial charge in [-0.05, 0) is 31.4 Å². The molecule has 0 atom stereocenters. The van der Waals surface area contributed by atoms with Crippen LogP contribution in [-0.4, -0.2) is 19.2 Å². The van der Waals surface area contributed by atoms with E-state index in [4.69, 9.17) is 9.47 Å². The highest BCUT2D eigenvalue weighted by atomic mass is 16.5. The molecule has 15 heavy (non-hydrogen) atoms. The molecule has 1 aliphatic carbocycles. The molecule has 1 fully saturated rings. The van der Waals surface area contributed by atoms with Gasteiger partial charge in [-0.2, -0.15) is 0 Å². The van der Waals surface area contributed by atoms with Gasteiger partial charge in [-0.25, -0.2) is 4.79 Å². The molecule has 0 bridgehead atoms. The highest BCUT2D eigenvalue weighted by Gasteiger charge is 2.23. The van der Waals surface area contributed by atoms with Crippen molar-refractivity contribution in [2.24, 2.45) is 0 Å². The van der Waals surface area contributed by atoms with Crippen molar-refractivity contribution in [2.75, 3.05) is 7.11 Å². The second-order valence-electron chi connectivity index (χ2n) is 3.66. The first kappa shape index (κ1) is 10.0. The molecule has 1 aromatic carbocycles. The van der Waals surface area contributed by atoms with Crippen molar-refractivity contribution in [3.8, 4) is 5.75 Å². The van der Waals surface area contributed by atoms with Gasteiger partial charge in [0.15, 0.2) is 0 Å². The minimum absolute atomic E-state index is 0.113. The molecule has 0 unspecified atom stereocenters. The van der Waals surface area contributed by atoms with Crippen molar-refractivity contribution in [1.82, 2.24) is 0 Å². The normalized spacial score (nSPS) is 15.5. The average molecular weight is 206 g/mol. The molecule has 1 aromatic rings. The first-order valence-electron chi connectivity index (χ1n) is 5.15. The summed E-state index contributed by atoms with van der Waals surface area (Å²) < 4.78 is 10.4. The van der Waals surface area contributed by atoms with Gasteiger partial charge in [-0.15, -0.1) is 0 Å². The summed E-state index contributed by atoms with van der Waals surface area (Å²) in [5.74, 6) is 0.291. The summed E-state index contributed by atoms with van der Waals surface area (Å²) in [7, 11) is 1.55. The van der Waals surface area contributed by atoms with Crippen LogP contribution in [-0.2, 0) is 4.74 Å². The number of para-hydroxylation sites is 1. The van der Waals surface area contributed by atoms with Crippen molar-refractivity contribution in [3.63, 3.8) is 0 Å². The Kier molecular flexibility index (Phi) is 2.90. The molecule has 80 valence electrons. The average Bonchev–Trinajstić information content (AvgIpc) is 2.23. The Morgan fingerprint density at radius 1 is 1.33 bits per heavy atom. The van der Waals surface area contributed by atoms with Crippen LogP contribution in [0.2, 0.25) is 0 Å². The zero-order valence-electron chi connectivity index (χ0n) is 8.73. The third-order valence-corrected chi connectivity index (χ3v) is 2.65. The van der Waals surface area contributed by atoms with Crippen molar-refractivity contribution in [1.29, 1.82) is 0 Å². The molecule has 0 aliphatic heterocycles. The van der Waals surface area contributed by atoms with E-state index in [2.05, 4.69) is 0 Å². The van der Waals surface area contributed by atoms with E-state index in [9.17, 15) is 4.79 Å². The van der Waals surface area contributed by atoms with E-state index in [1.54, 1.807) is 25.3 Å². The monoisotopic (exact) mass is 206 g/mol. The van der Waals surface area contributed by atoms with E-state index >= 15 is 0 Å². The van der Waals surface area contributed by atoms with Gasteiger partial charge in [0, 0.05) is 0 Å². The largest absolute Gasteiger partial charge is 0.496 e. The molecule has 1 aliphatic rings. The maximum absolute atomic E-state index is 11.7. The lowest BCUT2D eigenvalue weighted by molar-refractivity contribution is 0.00872. The first-order valence-corrected chi connectivity index (χ1v) is 5.15. The number of rotatable bonds is 3. The fourth-order valence-corrected chi connectivity index (χ4v) is 1.52. The molecule has 0 saturated heterocycles. The van der Waals surface area contributed by atoms with Crippen LogP contribution in [0.3, 0.4) is 0 Å². The second kappa shape index (κ2) is 4.34. The summed E-state index contributed by atoms with van der Waals surface area (Å²) in [4.78, 5) is 11.7. The molecular weight excluding hydrogens is 192 g/mol. The predicted octanol–water partition coefficient (Wildman–Crippen LogP) is 2.40. The van der Waals surface area contributed by atoms with Crippen molar-refractivity contribution < 1.29 is 14.3 Å². The summed E-state index contributed by atoms with van der Waals surface area (Å²) in [6, 6.07) is 7.12. The molecule has 1 saturated carbocycles. The van der Waals surface area contributed by atoms with Crippen LogP contribution in [0, 0.1) is 0 Å². The Hall–Kier alpha value is -1.51. The van der Waals surface area contributed by atoms with Gasteiger partial charge in [0.1, 0.15) is 17.4 Å². The lowest BCUT2D eigenvalue weighted by Gasteiger charge is -2.25. The SMILES string of the molecule is COc1ccccc1C(=O)OC1CCC1. The van der Waals surface area contributed by atoms with E-state index in [0.717, 1.165) is 19.3 Å². The Morgan fingerprint density at radius 3 is 2.67 bits per heavy atom. The maximum Gasteiger partial charge on any atom is 0.342 e. The lowest BCUT2D eigenvalue weighted by Crippen LogP contribution is -2.25. The summed E-state index contributed by atoms with van der Waals surface area (Å²) in [5, 5.41) is 0. The van der Waals surface area contributed by atoms with Gasteiger partial charge in [-0.3, -0.25) is 0 Å². The predicted molar refractivity (Wildman–Crippen MR) is 56.0 cm³/mol. The highest BCUT2D eigenvalue weighted by Crippen LogP contribution is 2.25. The molecule has 3 heteroatoms. The lowest BCUT2D eigenvalue weighted by atomic mass is 9.96. The quantitative estimate of drug-likeness (QED) is 0.712. The van der Waals surface area contributed by atoms with Gasteiger partial charge in [0.25, 0.3) is 0 Å². The van der Waals surface area contributed by atoms with Crippen LogP contribution in [0.1, 0.15) is 29.6 Å². The maximum atomic E-state index is 11.7. The first-order chi connectivity index (χ1) is 7.31. The van der Waals surface area contributed by atoms with Gasteiger partial charge in [0.05, 0.1) is 7.11 Å². The molecule has 0 N–H and O–H groups in total. The van der Waals surface area contributed by atoms with E-state index < -0.39 is 0 Å². The minimum atomic E-state index is -0.280. The third-order valence-electron chi connectivity index (χ3n) is 2.65. The second-order valence-corrected chi connectivity index (χ2v) is 3.66. The number of hydrogen-bond donors (Lipinski definition) is 0. The number of benzene rings is 1. The summed E-state index contributed by atoms with van der Waals surface area (Å²) >= 11 is 0. The summed E-state index contributed by atoms with van der Waals surface area (Å²) in [6.07, 6.45) is 3.24. The zero-order chi connectivity index (χ0) is 10.7. The molecule has 0 radical (unpaired) electrons. The number of carbonyl (C=O) groups excluding carboxylic acids is 1. The molecule has 0 amide bonds. The van der Waals surface area contributed by atoms with Crippen molar-refractivity contribution in [2.45, 2.75) is 25.4 Å². The zero-order valence-corrected chi connectivity index (χ0v) is 8.73. The molecular formula is C12H14O3. The Labute approximate surface area is 89.0 Å². The fourth-order valence-electron chi connectivity index (χ4n) is 1.52. The summed E-state index contributed by atoms with van der Waals surface area (Å²) in [5.41, 5.74) is 0.506. The van der Waals surface area contributed by atoms with Crippen LogP contribution in [0.4, 0.5) is 0 Å². The number of esters is 1. The molecule has 0 spiro atoms. The fraction of sp³-hybridized carbons (Fsp3) is 0.417. The van der Waals surface area contributed by atoms with Gasteiger partial charge in [0.2, 0.25) is 0 Å². The number of methoxy groups -OCH3 is 1. The highest BCUT2D eigenvalue weighted by molar-refractivity contribution is 5.92. The number of ether oxygens (including phenoxy) is 2. The van der Waals surface area contributed by atoms with E-state index in [-0.39, 0.29) is 12.1 Å². The Balaban J connectivity index is 2.09. The smallest absolute Gasteiger partial charge is 0.342 e. The molecule has 2 rings (SSSR count). The third kappa shape index (κ3) is 2.12. The van der Waals surface area contributed by atoms with Crippen LogP contribution in [0.15, 0.2) is 24.3 Å². The van der Waals surface area contributed by atoms with E-state index in [0.29, 0.717) is 11.3 Å². The Morgan fingerprint density at radius 2 is 2.07 bits per heavy atom. The van der Waals surface area contributed by atoms with Gasteiger partial charge >= 0.3 is 5.97 Å². The molecule has 0 aromatic heterocycles. The van der Waals surface area contributed by atoms with Gasteiger partial charge in [-0.1, -0.05) is 12.1 Å². The number of hydrogen-bond acceptors (Lipinski definition) is 3. The van der Waals surface area contributed by atoms with Crippen molar-refractivity contribution >= 4 is 5.97 Å². The minimum Gasteiger partial charge on any atom is -0.496 e. The van der Waals surface area contributed by atoms with Crippen LogP contribution in [0.5, 0.6) is 5.75 Å². The topological polar surface area (TPSA) is 35.5 Å². The van der Waals surface area contributed by atoms with Crippen molar-refractivity contribution in [3.05, 3.63) is 29.8 Å². The van der Waals surface area contributed by atoms with Crippen LogP contribution >= 0.6 is 0 Å². The number of carbonyl (C=O) groups is 1. The summed E-state index contributed by atoms with van der Waals surface area (Å²) in [6.45, 7) is 0. The standard InChI is InChI=1S/C12H14O3/c1-14-11-8-3-2-7-10(11)12(13)15-9-5-4-6-9/h2-3,7-9H,4-6H2,1H3. The Bertz CT molecular complexity index is 356. The van der Waals surface area contributed by atoms with Gasteiger partial charge < -0.3 is 9.47 Å². The van der Waals surface area contributed by atoms with Crippen LogP contribution < -0.4 is 4.74 Å². The van der Waals surface area contributed by atoms with E-state index in [1.807, 2.05) is 6.07 Å². The van der Waals surface area contributed by atoms with E-state index in [1.165, 1.54) is 0 Å².